The normalized spacial score (nSPS) is 19.5. The molecule has 1 atom stereocenters. The Bertz CT molecular complexity index is 417. The monoisotopic (exact) mass is 286 g/mol. The van der Waals surface area contributed by atoms with Gasteiger partial charge in [-0.1, -0.05) is 26.0 Å². The van der Waals surface area contributed by atoms with Crippen molar-refractivity contribution in [2.45, 2.75) is 52.0 Å². The minimum Gasteiger partial charge on any atom is -0.371 e. The zero-order valence-electron chi connectivity index (χ0n) is 13.6. The first-order valence-electron chi connectivity index (χ1n) is 8.88. The summed E-state index contributed by atoms with van der Waals surface area (Å²) in [5.74, 6) is 1.93. The van der Waals surface area contributed by atoms with Crippen LogP contribution in [0.4, 0.5) is 5.69 Å². The first kappa shape index (κ1) is 14.9. The second-order valence-corrected chi connectivity index (χ2v) is 6.90. The summed E-state index contributed by atoms with van der Waals surface area (Å²) in [7, 11) is 0. The first-order valence-corrected chi connectivity index (χ1v) is 8.88. The highest BCUT2D eigenvalue weighted by molar-refractivity contribution is 5.48. The van der Waals surface area contributed by atoms with Crippen molar-refractivity contribution in [2.24, 2.45) is 11.8 Å². The smallest absolute Gasteiger partial charge is 0.0366 e. The van der Waals surface area contributed by atoms with Crippen molar-refractivity contribution in [1.82, 2.24) is 5.32 Å². The molecule has 1 aromatic carbocycles. The number of hydrogen-bond donors (Lipinski definition) is 1. The Morgan fingerprint density at radius 3 is 2.00 bits per heavy atom. The van der Waals surface area contributed by atoms with Crippen LogP contribution >= 0.6 is 0 Å². The molecule has 2 fully saturated rings. The summed E-state index contributed by atoms with van der Waals surface area (Å²) in [4.78, 5) is 2.65. The van der Waals surface area contributed by atoms with E-state index < -0.39 is 0 Å². The number of hydrogen-bond acceptors (Lipinski definition) is 2. The standard InChI is InChI=1S/C19H30N2/c1-3-19(20-4-2)17-9-11-18(12-10-17)21(13-15-5-6-15)14-16-7-8-16/h9-12,15-16,19-20H,3-8,13-14H2,1-2H3. The van der Waals surface area contributed by atoms with Crippen LogP contribution in [0.15, 0.2) is 24.3 Å². The predicted molar refractivity (Wildman–Crippen MR) is 90.8 cm³/mol. The van der Waals surface area contributed by atoms with E-state index in [1.54, 1.807) is 0 Å². The van der Waals surface area contributed by atoms with E-state index >= 15 is 0 Å². The molecular weight excluding hydrogens is 256 g/mol. The average molecular weight is 286 g/mol. The van der Waals surface area contributed by atoms with E-state index in [1.165, 1.54) is 50.0 Å². The van der Waals surface area contributed by atoms with Crippen LogP contribution in [0.1, 0.15) is 57.6 Å². The molecule has 2 aliphatic carbocycles. The summed E-state index contributed by atoms with van der Waals surface area (Å²) in [6, 6.07) is 9.86. The molecule has 2 aliphatic rings. The topological polar surface area (TPSA) is 15.3 Å². The van der Waals surface area contributed by atoms with Gasteiger partial charge >= 0.3 is 0 Å². The lowest BCUT2D eigenvalue weighted by Gasteiger charge is -2.26. The molecule has 0 spiro atoms. The molecule has 116 valence electrons. The third-order valence-electron chi connectivity index (χ3n) is 4.87. The summed E-state index contributed by atoms with van der Waals surface area (Å²) in [5, 5.41) is 3.57. The van der Waals surface area contributed by atoms with Crippen LogP contribution in [0.25, 0.3) is 0 Å². The second kappa shape index (κ2) is 6.83. The fraction of sp³-hybridized carbons (Fsp3) is 0.684. The molecule has 1 N–H and O–H groups in total. The third-order valence-corrected chi connectivity index (χ3v) is 4.87. The molecule has 21 heavy (non-hydrogen) atoms. The lowest BCUT2D eigenvalue weighted by Crippen LogP contribution is -2.28. The molecule has 0 radical (unpaired) electrons. The lowest BCUT2D eigenvalue weighted by atomic mass is 10.0. The molecule has 3 rings (SSSR count). The van der Waals surface area contributed by atoms with Gasteiger partial charge in [0, 0.05) is 24.8 Å². The quantitative estimate of drug-likeness (QED) is 0.725. The number of nitrogens with zero attached hydrogens (tertiary/aromatic N) is 1. The van der Waals surface area contributed by atoms with Gasteiger partial charge in [0.05, 0.1) is 0 Å². The highest BCUT2D eigenvalue weighted by Crippen LogP contribution is 2.36. The number of rotatable bonds is 9. The van der Waals surface area contributed by atoms with Gasteiger partial charge < -0.3 is 10.2 Å². The summed E-state index contributed by atoms with van der Waals surface area (Å²) < 4.78 is 0. The Morgan fingerprint density at radius 1 is 1.00 bits per heavy atom. The van der Waals surface area contributed by atoms with E-state index in [1.807, 2.05) is 0 Å². The van der Waals surface area contributed by atoms with Crippen LogP contribution in [-0.4, -0.2) is 19.6 Å². The summed E-state index contributed by atoms with van der Waals surface area (Å²) >= 11 is 0. The van der Waals surface area contributed by atoms with Gasteiger partial charge in [-0.3, -0.25) is 0 Å². The molecule has 0 aliphatic heterocycles. The van der Waals surface area contributed by atoms with Crippen molar-refractivity contribution in [1.29, 1.82) is 0 Å². The van der Waals surface area contributed by atoms with Crippen molar-refractivity contribution >= 4 is 5.69 Å². The molecule has 2 saturated carbocycles. The van der Waals surface area contributed by atoms with E-state index in [9.17, 15) is 0 Å². The van der Waals surface area contributed by atoms with Crippen LogP contribution in [0.5, 0.6) is 0 Å². The molecule has 1 unspecified atom stereocenters. The molecular formula is C19H30N2. The van der Waals surface area contributed by atoms with E-state index in [2.05, 4.69) is 48.3 Å². The molecule has 0 bridgehead atoms. The maximum atomic E-state index is 3.57. The van der Waals surface area contributed by atoms with Crippen molar-refractivity contribution in [3.8, 4) is 0 Å². The van der Waals surface area contributed by atoms with E-state index in [0.717, 1.165) is 24.8 Å². The Kier molecular flexibility index (Phi) is 4.84. The minimum atomic E-state index is 0.504. The van der Waals surface area contributed by atoms with Gasteiger partial charge in [-0.2, -0.15) is 0 Å². The summed E-state index contributed by atoms with van der Waals surface area (Å²) in [6.07, 6.45) is 6.92. The van der Waals surface area contributed by atoms with E-state index in [4.69, 9.17) is 0 Å². The van der Waals surface area contributed by atoms with Crippen LogP contribution in [-0.2, 0) is 0 Å². The van der Waals surface area contributed by atoms with Gasteiger partial charge in [0.1, 0.15) is 0 Å². The largest absolute Gasteiger partial charge is 0.371 e. The highest BCUT2D eigenvalue weighted by atomic mass is 15.1. The second-order valence-electron chi connectivity index (χ2n) is 6.90. The maximum absolute atomic E-state index is 3.57. The Labute approximate surface area is 129 Å². The summed E-state index contributed by atoms with van der Waals surface area (Å²) in [5.41, 5.74) is 2.87. The molecule has 2 nitrogen and oxygen atoms in total. The molecule has 1 aromatic rings. The Hall–Kier alpha value is -1.02. The van der Waals surface area contributed by atoms with Gasteiger partial charge in [-0.05, 0) is 68.2 Å². The van der Waals surface area contributed by atoms with Gasteiger partial charge in [0.2, 0.25) is 0 Å². The molecule has 0 amide bonds. The van der Waals surface area contributed by atoms with Gasteiger partial charge in [0.25, 0.3) is 0 Å². The van der Waals surface area contributed by atoms with E-state index in [-0.39, 0.29) is 0 Å². The third kappa shape index (κ3) is 4.23. The zero-order valence-corrected chi connectivity index (χ0v) is 13.6. The maximum Gasteiger partial charge on any atom is 0.0366 e. The number of anilines is 1. The van der Waals surface area contributed by atoms with Crippen LogP contribution in [0, 0.1) is 11.8 Å². The highest BCUT2D eigenvalue weighted by Gasteiger charge is 2.29. The van der Waals surface area contributed by atoms with Crippen LogP contribution < -0.4 is 10.2 Å². The van der Waals surface area contributed by atoms with Gasteiger partial charge in [-0.25, -0.2) is 0 Å². The average Bonchev–Trinajstić information content (AvgIpc) is 3.40. The number of benzene rings is 1. The fourth-order valence-electron chi connectivity index (χ4n) is 3.17. The fourth-order valence-corrected chi connectivity index (χ4v) is 3.17. The van der Waals surface area contributed by atoms with Gasteiger partial charge in [-0.15, -0.1) is 0 Å². The van der Waals surface area contributed by atoms with Gasteiger partial charge in [0.15, 0.2) is 0 Å². The Morgan fingerprint density at radius 2 is 1.57 bits per heavy atom. The zero-order chi connectivity index (χ0) is 14.7. The predicted octanol–water partition coefficient (Wildman–Crippen LogP) is 4.37. The number of nitrogens with one attached hydrogen (secondary N) is 1. The first-order chi connectivity index (χ1) is 10.3. The minimum absolute atomic E-state index is 0.504. The molecule has 0 aromatic heterocycles. The van der Waals surface area contributed by atoms with Crippen molar-refractivity contribution in [3.63, 3.8) is 0 Å². The SMILES string of the molecule is CCNC(CC)c1ccc(N(CC2CC2)CC2CC2)cc1. The van der Waals surface area contributed by atoms with Crippen LogP contribution in [0.3, 0.4) is 0 Å². The lowest BCUT2D eigenvalue weighted by molar-refractivity contribution is 0.537. The molecule has 2 heteroatoms. The molecule has 0 saturated heterocycles. The van der Waals surface area contributed by atoms with Crippen LogP contribution in [0.2, 0.25) is 0 Å². The Balaban J connectivity index is 1.67. The van der Waals surface area contributed by atoms with E-state index in [0.29, 0.717) is 6.04 Å². The van der Waals surface area contributed by atoms with Crippen molar-refractivity contribution < 1.29 is 0 Å². The molecule has 0 heterocycles. The summed E-state index contributed by atoms with van der Waals surface area (Å²) in [6.45, 7) is 8.04. The van der Waals surface area contributed by atoms with Crippen molar-refractivity contribution in [2.75, 3.05) is 24.5 Å². The van der Waals surface area contributed by atoms with Crippen molar-refractivity contribution in [3.05, 3.63) is 29.8 Å².